The van der Waals surface area contributed by atoms with Gasteiger partial charge in [-0.3, -0.25) is 10.1 Å². The van der Waals surface area contributed by atoms with Gasteiger partial charge < -0.3 is 9.47 Å². The Labute approximate surface area is 118 Å². The van der Waals surface area contributed by atoms with Gasteiger partial charge in [0.05, 0.1) is 16.9 Å². The Hall–Kier alpha value is -1.66. The van der Waals surface area contributed by atoms with Crippen molar-refractivity contribution in [3.05, 3.63) is 44.9 Å². The van der Waals surface area contributed by atoms with Gasteiger partial charge in [0.1, 0.15) is 6.61 Å². The fourth-order valence-electron chi connectivity index (χ4n) is 1.80. The average molecular weight is 326 g/mol. The minimum Gasteiger partial charge on any atom is -0.484 e. The second-order valence-corrected chi connectivity index (χ2v) is 4.79. The zero-order chi connectivity index (χ0) is 13.8. The Morgan fingerprint density at radius 3 is 2.68 bits per heavy atom. The van der Waals surface area contributed by atoms with Crippen LogP contribution in [0.2, 0.25) is 0 Å². The zero-order valence-electron chi connectivity index (χ0n) is 10.3. The molecule has 2 rings (SSSR count). The predicted molar refractivity (Wildman–Crippen MR) is 75.7 cm³/mol. The van der Waals surface area contributed by atoms with E-state index in [1.807, 2.05) is 12.1 Å². The largest absolute Gasteiger partial charge is 0.484 e. The summed E-state index contributed by atoms with van der Waals surface area (Å²) in [5.74, 6) is 0.257. The quantitative estimate of drug-likeness (QED) is 0.479. The number of benzene rings is 2. The summed E-state index contributed by atoms with van der Waals surface area (Å²) in [5, 5.41) is 12.6. The van der Waals surface area contributed by atoms with Crippen molar-refractivity contribution >= 4 is 32.4 Å². The highest BCUT2D eigenvalue weighted by atomic mass is 79.9. The smallest absolute Gasteiger partial charge is 0.318 e. The van der Waals surface area contributed by atoms with Crippen LogP contribution in [0.1, 0.15) is 0 Å². The third kappa shape index (κ3) is 3.02. The van der Waals surface area contributed by atoms with Gasteiger partial charge in [0.15, 0.2) is 5.75 Å². The van der Waals surface area contributed by atoms with Crippen molar-refractivity contribution in [3.63, 3.8) is 0 Å². The molecule has 100 valence electrons. The third-order valence-corrected chi connectivity index (χ3v) is 3.14. The molecule has 0 bridgehead atoms. The summed E-state index contributed by atoms with van der Waals surface area (Å²) in [6, 6.07) is 8.81. The lowest BCUT2D eigenvalue weighted by Gasteiger charge is -2.08. The number of hydrogen-bond donors (Lipinski definition) is 0. The first-order valence-electron chi connectivity index (χ1n) is 5.62. The number of nitrogens with zero attached hydrogens (tertiary/aromatic N) is 1. The lowest BCUT2D eigenvalue weighted by molar-refractivity contribution is -0.384. The molecule has 2 aromatic carbocycles. The molecule has 0 saturated carbocycles. The normalized spacial score (nSPS) is 10.6. The van der Waals surface area contributed by atoms with Crippen molar-refractivity contribution < 1.29 is 14.4 Å². The van der Waals surface area contributed by atoms with Crippen LogP contribution in [0.3, 0.4) is 0 Å². The van der Waals surface area contributed by atoms with Gasteiger partial charge in [0.25, 0.3) is 0 Å². The topological polar surface area (TPSA) is 61.6 Å². The predicted octanol–water partition coefficient (Wildman–Crippen LogP) is 3.54. The van der Waals surface area contributed by atoms with Gasteiger partial charge in [-0.2, -0.15) is 0 Å². The molecule has 0 aliphatic heterocycles. The fourth-order valence-corrected chi connectivity index (χ4v) is 2.16. The van der Waals surface area contributed by atoms with E-state index in [1.54, 1.807) is 25.3 Å². The van der Waals surface area contributed by atoms with E-state index in [9.17, 15) is 10.1 Å². The number of nitro groups is 1. The lowest BCUT2D eigenvalue weighted by Crippen LogP contribution is -2.06. The summed E-state index contributed by atoms with van der Waals surface area (Å²) >= 11 is 3.32. The van der Waals surface area contributed by atoms with Gasteiger partial charge in [-0.25, -0.2) is 0 Å². The maximum atomic E-state index is 11.3. The van der Waals surface area contributed by atoms with Gasteiger partial charge >= 0.3 is 5.69 Å². The van der Waals surface area contributed by atoms with Crippen molar-refractivity contribution in [1.82, 2.24) is 0 Å². The minimum atomic E-state index is -0.420. The van der Waals surface area contributed by atoms with Crippen LogP contribution in [0, 0.1) is 10.1 Å². The summed E-state index contributed by atoms with van der Waals surface area (Å²) in [7, 11) is 1.55. The van der Waals surface area contributed by atoms with E-state index in [2.05, 4.69) is 15.9 Å². The van der Waals surface area contributed by atoms with Crippen LogP contribution >= 0.6 is 15.9 Å². The molecule has 0 spiro atoms. The van der Waals surface area contributed by atoms with Crippen LogP contribution in [0.15, 0.2) is 34.8 Å². The number of ether oxygens (including phenoxy) is 2. The van der Waals surface area contributed by atoms with E-state index in [0.717, 1.165) is 9.86 Å². The Kier molecular flexibility index (Phi) is 4.34. The van der Waals surface area contributed by atoms with E-state index in [-0.39, 0.29) is 18.0 Å². The molecule has 6 heteroatoms. The van der Waals surface area contributed by atoms with Crippen LogP contribution in [-0.4, -0.2) is 25.2 Å². The molecule has 0 unspecified atom stereocenters. The number of nitro benzene ring substituents is 1. The number of halogens is 1. The standard InChI is InChI=1S/C13H12BrNO4/c1-18-6-7-19-12-5-3-9-2-4-10(14)8-11(9)13(12)15(16)17/h2-5,8H,6-7H2,1H3. The Morgan fingerprint density at radius 1 is 1.26 bits per heavy atom. The summed E-state index contributed by atoms with van der Waals surface area (Å²) in [5.41, 5.74) is -0.0186. The minimum absolute atomic E-state index is 0.0186. The highest BCUT2D eigenvalue weighted by Gasteiger charge is 2.19. The molecule has 5 nitrogen and oxygen atoms in total. The molecule has 0 fully saturated rings. The summed E-state index contributed by atoms with van der Waals surface area (Å²) in [6.07, 6.45) is 0. The Bertz CT molecular complexity index is 615. The molecular formula is C13H12BrNO4. The maximum Gasteiger partial charge on any atom is 0.318 e. The molecular weight excluding hydrogens is 314 g/mol. The van der Waals surface area contributed by atoms with E-state index in [0.29, 0.717) is 12.0 Å². The van der Waals surface area contributed by atoms with Crippen LogP contribution in [0.5, 0.6) is 5.75 Å². The zero-order valence-corrected chi connectivity index (χ0v) is 11.8. The highest BCUT2D eigenvalue weighted by Crippen LogP contribution is 2.36. The van der Waals surface area contributed by atoms with E-state index < -0.39 is 4.92 Å². The highest BCUT2D eigenvalue weighted by molar-refractivity contribution is 9.10. The van der Waals surface area contributed by atoms with Gasteiger partial charge in [0, 0.05) is 11.6 Å². The first kappa shape index (κ1) is 13.8. The van der Waals surface area contributed by atoms with E-state index in [1.165, 1.54) is 0 Å². The second-order valence-electron chi connectivity index (χ2n) is 3.88. The molecule has 0 atom stereocenters. The van der Waals surface area contributed by atoms with Gasteiger partial charge in [-0.15, -0.1) is 0 Å². The fraction of sp³-hybridized carbons (Fsp3) is 0.231. The maximum absolute atomic E-state index is 11.3. The molecule has 0 heterocycles. The molecule has 2 aromatic rings. The SMILES string of the molecule is COCCOc1ccc2ccc(Br)cc2c1[N+](=O)[O-]. The molecule has 0 radical (unpaired) electrons. The van der Waals surface area contributed by atoms with Crippen molar-refractivity contribution in [3.8, 4) is 5.75 Å². The lowest BCUT2D eigenvalue weighted by atomic mass is 10.1. The molecule has 0 N–H and O–H groups in total. The number of methoxy groups -OCH3 is 1. The molecule has 0 aliphatic rings. The molecule has 19 heavy (non-hydrogen) atoms. The van der Waals surface area contributed by atoms with E-state index >= 15 is 0 Å². The second kappa shape index (κ2) is 5.99. The Morgan fingerprint density at radius 2 is 2.00 bits per heavy atom. The summed E-state index contributed by atoms with van der Waals surface area (Å²) < 4.78 is 11.1. The monoisotopic (exact) mass is 325 g/mol. The van der Waals surface area contributed by atoms with Crippen molar-refractivity contribution in [2.75, 3.05) is 20.3 Å². The number of fused-ring (bicyclic) bond motifs is 1. The number of rotatable bonds is 5. The van der Waals surface area contributed by atoms with Crippen molar-refractivity contribution in [1.29, 1.82) is 0 Å². The first-order chi connectivity index (χ1) is 9.13. The average Bonchev–Trinajstić information content (AvgIpc) is 2.38. The Balaban J connectivity index is 2.51. The molecule has 0 aromatic heterocycles. The summed E-state index contributed by atoms with van der Waals surface area (Å²) in [4.78, 5) is 10.8. The number of hydrogen-bond acceptors (Lipinski definition) is 4. The first-order valence-corrected chi connectivity index (χ1v) is 6.41. The van der Waals surface area contributed by atoms with Gasteiger partial charge in [-0.05, 0) is 23.6 Å². The third-order valence-electron chi connectivity index (χ3n) is 2.65. The van der Waals surface area contributed by atoms with Gasteiger partial charge in [-0.1, -0.05) is 28.1 Å². The van der Waals surface area contributed by atoms with Crippen LogP contribution in [-0.2, 0) is 4.74 Å². The van der Waals surface area contributed by atoms with Crippen LogP contribution in [0.4, 0.5) is 5.69 Å². The molecule has 0 aliphatic carbocycles. The summed E-state index contributed by atoms with van der Waals surface area (Å²) in [6.45, 7) is 0.657. The van der Waals surface area contributed by atoms with E-state index in [4.69, 9.17) is 9.47 Å². The van der Waals surface area contributed by atoms with Crippen molar-refractivity contribution in [2.24, 2.45) is 0 Å². The van der Waals surface area contributed by atoms with Crippen LogP contribution in [0.25, 0.3) is 10.8 Å². The molecule has 0 amide bonds. The van der Waals surface area contributed by atoms with Crippen molar-refractivity contribution in [2.45, 2.75) is 0 Å². The van der Waals surface area contributed by atoms with Gasteiger partial charge in [0.2, 0.25) is 0 Å². The molecule has 0 saturated heterocycles. The van der Waals surface area contributed by atoms with Crippen LogP contribution < -0.4 is 4.74 Å².